The van der Waals surface area contributed by atoms with Crippen molar-refractivity contribution in [3.8, 4) is 0 Å². The van der Waals surface area contributed by atoms with Crippen LogP contribution in [-0.2, 0) is 34.3 Å². The highest BCUT2D eigenvalue weighted by Crippen LogP contribution is 2.38. The number of esters is 1. The fraction of sp³-hybridized carbons (Fsp3) is 0.400. The van der Waals surface area contributed by atoms with Gasteiger partial charge < -0.3 is 10.1 Å². The molecule has 2 aliphatic heterocycles. The van der Waals surface area contributed by atoms with Crippen molar-refractivity contribution in [2.75, 3.05) is 31.6 Å². The number of piperidine rings is 1. The predicted octanol–water partition coefficient (Wildman–Crippen LogP) is 5.16. The summed E-state index contributed by atoms with van der Waals surface area (Å²) >= 11 is 1.40. The molecule has 0 radical (unpaired) electrons. The van der Waals surface area contributed by atoms with Crippen LogP contribution in [0.15, 0.2) is 59.5 Å². The molecule has 10 heteroatoms. The molecule has 0 aliphatic carbocycles. The number of benzene rings is 2. The number of hydrogen-bond acceptors (Lipinski definition) is 7. The topological polar surface area (TPSA) is 96.0 Å². The van der Waals surface area contributed by atoms with Crippen molar-refractivity contribution < 1.29 is 22.7 Å². The van der Waals surface area contributed by atoms with Gasteiger partial charge in [-0.25, -0.2) is 13.2 Å². The molecule has 1 amide bonds. The quantitative estimate of drug-likeness (QED) is 0.370. The summed E-state index contributed by atoms with van der Waals surface area (Å²) in [7, 11) is -3.60. The average molecular weight is 582 g/mol. The average Bonchev–Trinajstić information content (AvgIpc) is 3.31. The number of sulfonamides is 1. The predicted molar refractivity (Wildman–Crippen MR) is 156 cm³/mol. The number of amides is 1. The Hall–Kier alpha value is -3.05. The van der Waals surface area contributed by atoms with Gasteiger partial charge in [-0.1, -0.05) is 37.3 Å². The first-order valence-corrected chi connectivity index (χ1v) is 16.0. The minimum Gasteiger partial charge on any atom is -0.462 e. The van der Waals surface area contributed by atoms with E-state index < -0.39 is 21.9 Å². The molecule has 2 aromatic carbocycles. The van der Waals surface area contributed by atoms with Crippen LogP contribution in [0.3, 0.4) is 0 Å². The summed E-state index contributed by atoms with van der Waals surface area (Å²) < 4.78 is 33.0. The van der Waals surface area contributed by atoms with E-state index in [-0.39, 0.29) is 11.5 Å². The van der Waals surface area contributed by atoms with Crippen molar-refractivity contribution in [3.63, 3.8) is 0 Å². The fourth-order valence-corrected chi connectivity index (χ4v) is 8.01. The van der Waals surface area contributed by atoms with Crippen molar-refractivity contribution in [2.45, 2.75) is 51.1 Å². The first kappa shape index (κ1) is 28.5. The van der Waals surface area contributed by atoms with E-state index in [1.807, 2.05) is 18.2 Å². The van der Waals surface area contributed by atoms with Crippen molar-refractivity contribution >= 4 is 38.2 Å². The largest absolute Gasteiger partial charge is 0.462 e. The van der Waals surface area contributed by atoms with Crippen molar-refractivity contribution in [1.82, 2.24) is 9.21 Å². The lowest BCUT2D eigenvalue weighted by Crippen LogP contribution is -2.37. The second kappa shape index (κ2) is 12.2. The van der Waals surface area contributed by atoms with Crippen LogP contribution in [0.5, 0.6) is 0 Å². The maximum Gasteiger partial charge on any atom is 0.341 e. The van der Waals surface area contributed by atoms with Gasteiger partial charge in [0, 0.05) is 43.2 Å². The molecular formula is C30H35N3O5S2. The third-order valence-electron chi connectivity index (χ3n) is 7.59. The Bertz CT molecular complexity index is 1460. The van der Waals surface area contributed by atoms with Gasteiger partial charge in [-0.3, -0.25) is 9.69 Å². The number of nitrogens with one attached hydrogen (secondary N) is 1. The number of carbonyl (C=O) groups is 2. The van der Waals surface area contributed by atoms with Gasteiger partial charge in [0.05, 0.1) is 17.1 Å². The summed E-state index contributed by atoms with van der Waals surface area (Å²) in [6.45, 7) is 7.43. The SMILES string of the molecule is CCOC(=O)c1c(NC(=O)c2ccc(S(=O)(=O)N3CCC(C)CC3)cc2)sc2c1CCN(Cc1ccccc1)C2. The first-order valence-electron chi connectivity index (χ1n) is 13.8. The highest BCUT2D eigenvalue weighted by molar-refractivity contribution is 7.89. The molecule has 3 heterocycles. The van der Waals surface area contributed by atoms with E-state index in [0.717, 1.165) is 36.4 Å². The standard InChI is InChI=1S/C30H35N3O5S2/c1-3-38-30(35)27-25-15-16-32(19-22-7-5-4-6-8-22)20-26(25)39-29(27)31-28(34)23-9-11-24(12-10-23)40(36,37)33-17-13-21(2)14-18-33/h4-12,21H,3,13-20H2,1-2H3,(H,31,34). The smallest absolute Gasteiger partial charge is 0.341 e. The Morgan fingerprint density at radius 1 is 1.02 bits per heavy atom. The number of fused-ring (bicyclic) bond motifs is 1. The van der Waals surface area contributed by atoms with Gasteiger partial charge in [-0.15, -0.1) is 11.3 Å². The molecule has 0 bridgehead atoms. The summed E-state index contributed by atoms with van der Waals surface area (Å²) in [5.41, 5.74) is 2.90. The van der Waals surface area contributed by atoms with Gasteiger partial charge in [-0.2, -0.15) is 4.31 Å². The summed E-state index contributed by atoms with van der Waals surface area (Å²) in [5, 5.41) is 3.38. The molecule has 1 saturated heterocycles. The molecule has 0 unspecified atom stereocenters. The molecule has 3 aromatic rings. The van der Waals surface area contributed by atoms with Crippen molar-refractivity contribution in [1.29, 1.82) is 0 Å². The summed E-state index contributed by atoms with van der Waals surface area (Å²) in [5.74, 6) is -0.322. The molecule has 40 heavy (non-hydrogen) atoms. The molecule has 0 atom stereocenters. The van der Waals surface area contributed by atoms with Gasteiger partial charge in [0.2, 0.25) is 10.0 Å². The number of ether oxygens (including phenoxy) is 1. The van der Waals surface area contributed by atoms with E-state index in [2.05, 4.69) is 29.3 Å². The maximum absolute atomic E-state index is 13.2. The number of nitrogens with zero attached hydrogens (tertiary/aromatic N) is 2. The molecule has 8 nitrogen and oxygen atoms in total. The highest BCUT2D eigenvalue weighted by atomic mass is 32.2. The zero-order valence-electron chi connectivity index (χ0n) is 22.9. The maximum atomic E-state index is 13.2. The first-order chi connectivity index (χ1) is 19.3. The third kappa shape index (κ3) is 6.15. The Morgan fingerprint density at radius 2 is 1.73 bits per heavy atom. The Kier molecular flexibility index (Phi) is 8.70. The van der Waals surface area contributed by atoms with E-state index in [0.29, 0.717) is 48.1 Å². The van der Waals surface area contributed by atoms with Crippen LogP contribution in [0.2, 0.25) is 0 Å². The molecule has 212 valence electrons. The Balaban J connectivity index is 1.33. The third-order valence-corrected chi connectivity index (χ3v) is 10.6. The van der Waals surface area contributed by atoms with E-state index in [1.54, 1.807) is 6.92 Å². The second-order valence-electron chi connectivity index (χ2n) is 10.4. The molecular weight excluding hydrogens is 546 g/mol. The Morgan fingerprint density at radius 3 is 2.40 bits per heavy atom. The fourth-order valence-electron chi connectivity index (χ4n) is 5.27. The van der Waals surface area contributed by atoms with Crippen LogP contribution in [0, 0.1) is 5.92 Å². The molecule has 1 N–H and O–H groups in total. The van der Waals surface area contributed by atoms with E-state index >= 15 is 0 Å². The van der Waals surface area contributed by atoms with E-state index in [9.17, 15) is 18.0 Å². The number of hydrogen-bond donors (Lipinski definition) is 1. The summed E-state index contributed by atoms with van der Waals surface area (Å²) in [6, 6.07) is 16.3. The number of thiophene rings is 1. The molecule has 0 spiro atoms. The lowest BCUT2D eigenvalue weighted by molar-refractivity contribution is 0.0526. The van der Waals surface area contributed by atoms with Crippen LogP contribution in [0.25, 0.3) is 0 Å². The zero-order valence-corrected chi connectivity index (χ0v) is 24.5. The van der Waals surface area contributed by atoms with Gasteiger partial charge in [0.25, 0.3) is 5.91 Å². The number of carbonyl (C=O) groups excluding carboxylic acids is 2. The second-order valence-corrected chi connectivity index (χ2v) is 13.5. The molecule has 2 aliphatic rings. The summed E-state index contributed by atoms with van der Waals surface area (Å²) in [6.07, 6.45) is 2.37. The van der Waals surface area contributed by atoms with E-state index in [1.165, 1.54) is 45.5 Å². The normalized spacial score (nSPS) is 16.9. The van der Waals surface area contributed by atoms with Crippen LogP contribution in [0.4, 0.5) is 5.00 Å². The van der Waals surface area contributed by atoms with Gasteiger partial charge in [0.15, 0.2) is 0 Å². The lowest BCUT2D eigenvalue weighted by Gasteiger charge is -2.29. The zero-order chi connectivity index (χ0) is 28.3. The lowest BCUT2D eigenvalue weighted by atomic mass is 10.0. The molecule has 5 rings (SSSR count). The van der Waals surface area contributed by atoms with Crippen molar-refractivity contribution in [2.24, 2.45) is 5.92 Å². The van der Waals surface area contributed by atoms with Gasteiger partial charge in [-0.05, 0) is 67.5 Å². The minimum atomic E-state index is -3.60. The Labute approximate surface area is 240 Å². The van der Waals surface area contributed by atoms with Gasteiger partial charge >= 0.3 is 5.97 Å². The summed E-state index contributed by atoms with van der Waals surface area (Å²) in [4.78, 5) is 29.7. The van der Waals surface area contributed by atoms with Crippen molar-refractivity contribution in [3.05, 3.63) is 81.7 Å². The molecule has 0 saturated carbocycles. The van der Waals surface area contributed by atoms with Gasteiger partial charge in [0.1, 0.15) is 5.00 Å². The van der Waals surface area contributed by atoms with Crippen LogP contribution < -0.4 is 5.32 Å². The van der Waals surface area contributed by atoms with Crippen LogP contribution >= 0.6 is 11.3 Å². The number of anilines is 1. The molecule has 1 aromatic heterocycles. The monoisotopic (exact) mass is 581 g/mol. The minimum absolute atomic E-state index is 0.177. The van der Waals surface area contributed by atoms with Crippen LogP contribution in [0.1, 0.15) is 63.4 Å². The van der Waals surface area contributed by atoms with E-state index in [4.69, 9.17) is 4.74 Å². The number of rotatable bonds is 8. The highest BCUT2D eigenvalue weighted by Gasteiger charge is 2.31. The van der Waals surface area contributed by atoms with Crippen LogP contribution in [-0.4, -0.2) is 55.7 Å². The molecule has 1 fully saturated rings.